The van der Waals surface area contributed by atoms with E-state index in [0.717, 1.165) is 17.0 Å². The van der Waals surface area contributed by atoms with Crippen molar-refractivity contribution in [3.8, 4) is 0 Å². The van der Waals surface area contributed by atoms with Crippen LogP contribution in [0, 0.1) is 11.8 Å². The number of carbonyl (C=O) groups excluding carboxylic acids is 2. The van der Waals surface area contributed by atoms with Crippen LogP contribution in [0.1, 0.15) is 40.0 Å². The number of benzene rings is 1. The van der Waals surface area contributed by atoms with Crippen molar-refractivity contribution in [1.29, 1.82) is 0 Å². The second kappa shape index (κ2) is 8.39. The summed E-state index contributed by atoms with van der Waals surface area (Å²) in [6.45, 7) is 6.00. The predicted octanol–water partition coefficient (Wildman–Crippen LogP) is 3.68. The average molecular weight is 334 g/mol. The summed E-state index contributed by atoms with van der Waals surface area (Å²) in [5.74, 6) is 1.68. The average Bonchev–Trinajstić information content (AvgIpc) is 2.51. The molecule has 0 bridgehead atoms. The lowest BCUT2D eigenvalue weighted by molar-refractivity contribution is -0.120. The molecular weight excluding hydrogens is 308 g/mol. The molecule has 2 amide bonds. The quantitative estimate of drug-likeness (QED) is 0.808. The first-order valence-corrected chi connectivity index (χ1v) is 9.24. The highest BCUT2D eigenvalue weighted by atomic mass is 32.2. The van der Waals surface area contributed by atoms with E-state index in [1.165, 1.54) is 31.5 Å². The lowest BCUT2D eigenvalue weighted by Gasteiger charge is -2.34. The molecule has 0 aliphatic heterocycles. The monoisotopic (exact) mass is 334 g/mol. The van der Waals surface area contributed by atoms with Crippen LogP contribution in [-0.2, 0) is 9.59 Å². The largest absolute Gasteiger partial charge is 0.352 e. The van der Waals surface area contributed by atoms with Gasteiger partial charge in [-0.05, 0) is 42.5 Å². The van der Waals surface area contributed by atoms with Crippen molar-refractivity contribution in [3.63, 3.8) is 0 Å². The molecule has 0 heterocycles. The Hall–Kier alpha value is -1.49. The third kappa shape index (κ3) is 5.57. The van der Waals surface area contributed by atoms with Gasteiger partial charge in [-0.2, -0.15) is 0 Å². The standard InChI is InChI=1S/C18H26N2O2S/c1-12-5-4-6-17(13(12)2)20-18(22)11-23-16-9-7-15(8-10-16)19-14(3)21/h7-10,12-13,17H,4-6,11H2,1-3H3,(H,19,21)(H,20,22). The van der Waals surface area contributed by atoms with Crippen molar-refractivity contribution in [1.82, 2.24) is 5.32 Å². The van der Waals surface area contributed by atoms with Gasteiger partial charge in [-0.15, -0.1) is 11.8 Å². The first-order chi connectivity index (χ1) is 11.0. The molecule has 0 saturated heterocycles. The molecule has 3 unspecified atom stereocenters. The van der Waals surface area contributed by atoms with Gasteiger partial charge in [0.05, 0.1) is 5.75 Å². The first-order valence-electron chi connectivity index (χ1n) is 8.25. The summed E-state index contributed by atoms with van der Waals surface area (Å²) in [5.41, 5.74) is 0.774. The number of nitrogens with one attached hydrogen (secondary N) is 2. The lowest BCUT2D eigenvalue weighted by atomic mass is 9.78. The first kappa shape index (κ1) is 17.9. The van der Waals surface area contributed by atoms with Gasteiger partial charge < -0.3 is 10.6 Å². The minimum absolute atomic E-state index is 0.0828. The number of anilines is 1. The second-order valence-corrected chi connectivity index (χ2v) is 7.48. The maximum atomic E-state index is 12.2. The molecule has 23 heavy (non-hydrogen) atoms. The van der Waals surface area contributed by atoms with Crippen LogP contribution in [0.4, 0.5) is 5.69 Å². The van der Waals surface area contributed by atoms with Crippen LogP contribution in [0.25, 0.3) is 0 Å². The van der Waals surface area contributed by atoms with Gasteiger partial charge in [0.1, 0.15) is 0 Å². The Balaban J connectivity index is 1.78. The van der Waals surface area contributed by atoms with Crippen molar-refractivity contribution in [2.75, 3.05) is 11.1 Å². The van der Waals surface area contributed by atoms with E-state index in [-0.39, 0.29) is 11.8 Å². The summed E-state index contributed by atoms with van der Waals surface area (Å²) in [7, 11) is 0. The smallest absolute Gasteiger partial charge is 0.230 e. The lowest BCUT2D eigenvalue weighted by Crippen LogP contribution is -2.44. The molecule has 4 nitrogen and oxygen atoms in total. The number of thioether (sulfide) groups is 1. The Morgan fingerprint density at radius 3 is 2.52 bits per heavy atom. The minimum Gasteiger partial charge on any atom is -0.352 e. The van der Waals surface area contributed by atoms with E-state index >= 15 is 0 Å². The van der Waals surface area contributed by atoms with Gasteiger partial charge in [-0.3, -0.25) is 9.59 Å². The van der Waals surface area contributed by atoms with Crippen molar-refractivity contribution >= 4 is 29.3 Å². The molecular formula is C18H26N2O2S. The van der Waals surface area contributed by atoms with Crippen LogP contribution < -0.4 is 10.6 Å². The van der Waals surface area contributed by atoms with Crippen molar-refractivity contribution in [3.05, 3.63) is 24.3 Å². The zero-order valence-corrected chi connectivity index (χ0v) is 14.9. The summed E-state index contributed by atoms with van der Waals surface area (Å²) < 4.78 is 0. The van der Waals surface area contributed by atoms with Gasteiger partial charge in [-0.25, -0.2) is 0 Å². The molecule has 1 fully saturated rings. The molecule has 0 aromatic heterocycles. The topological polar surface area (TPSA) is 58.2 Å². The van der Waals surface area contributed by atoms with Gasteiger partial charge in [0.2, 0.25) is 11.8 Å². The summed E-state index contributed by atoms with van der Waals surface area (Å²) in [5, 5.41) is 5.92. The number of hydrogen-bond donors (Lipinski definition) is 2. The Morgan fingerprint density at radius 2 is 1.87 bits per heavy atom. The highest BCUT2D eigenvalue weighted by Crippen LogP contribution is 2.29. The highest BCUT2D eigenvalue weighted by Gasteiger charge is 2.27. The van der Waals surface area contributed by atoms with Gasteiger partial charge >= 0.3 is 0 Å². The summed E-state index contributed by atoms with van der Waals surface area (Å²) >= 11 is 1.52. The van der Waals surface area contributed by atoms with Gasteiger partial charge in [-0.1, -0.05) is 26.7 Å². The normalized spacial score (nSPS) is 24.0. The van der Waals surface area contributed by atoms with Crippen molar-refractivity contribution in [2.24, 2.45) is 11.8 Å². The van der Waals surface area contributed by atoms with E-state index < -0.39 is 0 Å². The molecule has 1 aliphatic carbocycles. The van der Waals surface area contributed by atoms with Gasteiger partial charge in [0, 0.05) is 23.5 Å². The van der Waals surface area contributed by atoms with Crippen LogP contribution >= 0.6 is 11.8 Å². The third-order valence-electron chi connectivity index (χ3n) is 4.60. The molecule has 1 aromatic rings. The molecule has 126 valence electrons. The van der Waals surface area contributed by atoms with Crippen LogP contribution in [0.2, 0.25) is 0 Å². The molecule has 1 aromatic carbocycles. The molecule has 0 radical (unpaired) electrons. The summed E-state index contributed by atoms with van der Waals surface area (Å²) in [6, 6.07) is 7.87. The fourth-order valence-corrected chi connectivity index (χ4v) is 3.73. The van der Waals surface area contributed by atoms with E-state index in [2.05, 4.69) is 24.5 Å². The molecule has 2 rings (SSSR count). The molecule has 5 heteroatoms. The van der Waals surface area contributed by atoms with Gasteiger partial charge in [0.25, 0.3) is 0 Å². The molecule has 0 spiro atoms. The Kier molecular flexibility index (Phi) is 6.51. The van der Waals surface area contributed by atoms with E-state index in [9.17, 15) is 9.59 Å². The summed E-state index contributed by atoms with van der Waals surface area (Å²) in [6.07, 6.45) is 3.56. The molecule has 1 saturated carbocycles. The SMILES string of the molecule is CC(=O)Nc1ccc(SCC(=O)NC2CCCC(C)C2C)cc1. The van der Waals surface area contributed by atoms with E-state index in [1.54, 1.807) is 0 Å². The summed E-state index contributed by atoms with van der Waals surface area (Å²) in [4.78, 5) is 24.2. The van der Waals surface area contributed by atoms with Crippen molar-refractivity contribution in [2.45, 2.75) is 51.0 Å². The molecule has 3 atom stereocenters. The van der Waals surface area contributed by atoms with Crippen molar-refractivity contribution < 1.29 is 9.59 Å². The maximum Gasteiger partial charge on any atom is 0.230 e. The van der Waals surface area contributed by atoms with E-state index in [1.807, 2.05) is 24.3 Å². The number of amides is 2. The van der Waals surface area contributed by atoms with E-state index in [4.69, 9.17) is 0 Å². The van der Waals surface area contributed by atoms with Crippen LogP contribution in [0.3, 0.4) is 0 Å². The van der Waals surface area contributed by atoms with E-state index in [0.29, 0.717) is 23.6 Å². The number of rotatable bonds is 5. The van der Waals surface area contributed by atoms with Gasteiger partial charge in [0.15, 0.2) is 0 Å². The fourth-order valence-electron chi connectivity index (χ4n) is 3.02. The fraction of sp³-hybridized carbons (Fsp3) is 0.556. The number of carbonyl (C=O) groups is 2. The maximum absolute atomic E-state index is 12.2. The number of hydrogen-bond acceptors (Lipinski definition) is 3. The second-order valence-electron chi connectivity index (χ2n) is 6.44. The van der Waals surface area contributed by atoms with Crippen LogP contribution in [-0.4, -0.2) is 23.6 Å². The zero-order chi connectivity index (χ0) is 16.8. The minimum atomic E-state index is -0.0828. The Bertz CT molecular complexity index is 544. The zero-order valence-electron chi connectivity index (χ0n) is 14.1. The predicted molar refractivity (Wildman–Crippen MR) is 95.6 cm³/mol. The van der Waals surface area contributed by atoms with Crippen LogP contribution in [0.15, 0.2) is 29.2 Å². The molecule has 2 N–H and O–H groups in total. The Labute approximate surface area is 142 Å². The highest BCUT2D eigenvalue weighted by molar-refractivity contribution is 8.00. The van der Waals surface area contributed by atoms with Crippen LogP contribution in [0.5, 0.6) is 0 Å². The molecule has 1 aliphatic rings. The Morgan fingerprint density at radius 1 is 1.17 bits per heavy atom. The third-order valence-corrected chi connectivity index (χ3v) is 5.61.